The maximum Gasteiger partial charge on any atom is 0.254 e. The van der Waals surface area contributed by atoms with Gasteiger partial charge in [-0.3, -0.25) is 9.59 Å². The molecular weight excluding hydrogens is 464 g/mol. The Morgan fingerprint density at radius 3 is 2.31 bits per heavy atom. The molecule has 190 valence electrons. The number of nitrogens with zero attached hydrogens (tertiary/aromatic N) is 2. The molecule has 0 bridgehead atoms. The maximum absolute atomic E-state index is 13.8. The first-order chi connectivity index (χ1) is 17.2. The van der Waals surface area contributed by atoms with Crippen LogP contribution in [0.4, 0.5) is 0 Å². The lowest BCUT2D eigenvalue weighted by Crippen LogP contribution is -2.47. The lowest BCUT2D eigenvalue weighted by Gasteiger charge is -2.38. The molecule has 0 radical (unpaired) electrons. The molecule has 0 saturated carbocycles. The first kappa shape index (κ1) is 26.2. The van der Waals surface area contributed by atoms with Crippen LogP contribution in [0.15, 0.2) is 60.0 Å². The van der Waals surface area contributed by atoms with E-state index in [-0.39, 0.29) is 29.8 Å². The fourth-order valence-corrected chi connectivity index (χ4v) is 5.86. The van der Waals surface area contributed by atoms with E-state index >= 15 is 0 Å². The summed E-state index contributed by atoms with van der Waals surface area (Å²) < 4.78 is 0. The Hall–Kier alpha value is -2.92. The van der Waals surface area contributed by atoms with Gasteiger partial charge in [-0.05, 0) is 70.5 Å². The van der Waals surface area contributed by atoms with E-state index in [0.29, 0.717) is 18.7 Å². The van der Waals surface area contributed by atoms with E-state index in [1.165, 1.54) is 21.6 Å². The van der Waals surface area contributed by atoms with Gasteiger partial charge in [0.05, 0.1) is 6.04 Å². The van der Waals surface area contributed by atoms with E-state index in [9.17, 15) is 9.59 Å². The highest BCUT2D eigenvalue weighted by atomic mass is 32.1. The lowest BCUT2D eigenvalue weighted by atomic mass is 9.85. The topological polar surface area (TPSA) is 40.6 Å². The van der Waals surface area contributed by atoms with Crippen molar-refractivity contribution in [2.45, 2.75) is 65.3 Å². The SMILES string of the molecule is CCCN(CC(=O)N1CCc2sccc2C1c1ccc(C(C)(C)C)cc1)C(=O)c1ccc(CC)cc1. The Morgan fingerprint density at radius 1 is 1.00 bits per heavy atom. The van der Waals surface area contributed by atoms with E-state index in [4.69, 9.17) is 0 Å². The highest BCUT2D eigenvalue weighted by Gasteiger charge is 2.34. The monoisotopic (exact) mass is 502 g/mol. The van der Waals surface area contributed by atoms with Crippen LogP contribution < -0.4 is 0 Å². The molecule has 1 aliphatic rings. The minimum atomic E-state index is -0.121. The van der Waals surface area contributed by atoms with Gasteiger partial charge in [-0.25, -0.2) is 0 Å². The van der Waals surface area contributed by atoms with Crippen molar-refractivity contribution >= 4 is 23.2 Å². The second-order valence-corrected chi connectivity index (χ2v) is 11.7. The minimum Gasteiger partial charge on any atom is -0.330 e. The summed E-state index contributed by atoms with van der Waals surface area (Å²) in [5.74, 6) is -0.0732. The van der Waals surface area contributed by atoms with Crippen LogP contribution >= 0.6 is 11.3 Å². The average molecular weight is 503 g/mol. The Morgan fingerprint density at radius 2 is 1.69 bits per heavy atom. The number of amides is 2. The van der Waals surface area contributed by atoms with E-state index in [1.54, 1.807) is 16.2 Å². The van der Waals surface area contributed by atoms with Crippen molar-refractivity contribution in [3.8, 4) is 0 Å². The zero-order valence-electron chi connectivity index (χ0n) is 22.2. The van der Waals surface area contributed by atoms with Crippen LogP contribution in [0.2, 0.25) is 0 Å². The molecule has 2 heterocycles. The molecule has 4 nitrogen and oxygen atoms in total. The second kappa shape index (κ2) is 11.0. The summed E-state index contributed by atoms with van der Waals surface area (Å²) in [4.78, 5) is 32.2. The zero-order chi connectivity index (χ0) is 25.9. The van der Waals surface area contributed by atoms with E-state index < -0.39 is 0 Å². The van der Waals surface area contributed by atoms with Crippen LogP contribution in [0.5, 0.6) is 0 Å². The number of thiophene rings is 1. The minimum absolute atomic E-state index is 0.00345. The molecule has 0 fully saturated rings. The molecule has 36 heavy (non-hydrogen) atoms. The number of hydrogen-bond donors (Lipinski definition) is 0. The zero-order valence-corrected chi connectivity index (χ0v) is 23.0. The summed E-state index contributed by atoms with van der Waals surface area (Å²) in [5, 5.41) is 2.13. The number of aryl methyl sites for hydroxylation is 1. The van der Waals surface area contributed by atoms with E-state index in [2.05, 4.69) is 63.4 Å². The molecule has 5 heteroatoms. The summed E-state index contributed by atoms with van der Waals surface area (Å²) in [6.07, 6.45) is 2.59. The molecule has 0 N–H and O–H groups in total. The molecule has 2 aromatic carbocycles. The maximum atomic E-state index is 13.8. The molecule has 0 spiro atoms. The number of carbonyl (C=O) groups is 2. The summed E-state index contributed by atoms with van der Waals surface area (Å²) in [6.45, 7) is 12.1. The van der Waals surface area contributed by atoms with E-state index in [1.807, 2.05) is 36.1 Å². The van der Waals surface area contributed by atoms with Crippen molar-refractivity contribution in [1.82, 2.24) is 9.80 Å². The standard InChI is InChI=1S/C31H38N2O2S/c1-6-18-32(30(35)24-10-8-22(7-2)9-11-24)21-28(34)33-19-16-27-26(17-20-36-27)29(33)23-12-14-25(15-13-23)31(3,4)5/h8-15,17,20,29H,6-7,16,18-19,21H2,1-5H3. The van der Waals surface area contributed by atoms with Crippen molar-refractivity contribution in [1.29, 1.82) is 0 Å². The van der Waals surface area contributed by atoms with Gasteiger partial charge >= 0.3 is 0 Å². The van der Waals surface area contributed by atoms with Crippen molar-refractivity contribution in [2.75, 3.05) is 19.6 Å². The van der Waals surface area contributed by atoms with Crippen molar-refractivity contribution in [3.63, 3.8) is 0 Å². The Labute approximate surface area is 219 Å². The molecule has 0 saturated heterocycles. The van der Waals surface area contributed by atoms with Crippen molar-refractivity contribution < 1.29 is 9.59 Å². The molecule has 4 rings (SSSR count). The molecule has 1 aliphatic heterocycles. The molecular formula is C31H38N2O2S. The number of rotatable bonds is 7. The lowest BCUT2D eigenvalue weighted by molar-refractivity contribution is -0.134. The summed E-state index contributed by atoms with van der Waals surface area (Å²) >= 11 is 1.77. The van der Waals surface area contributed by atoms with Gasteiger partial charge in [0.2, 0.25) is 5.91 Å². The molecule has 3 aromatic rings. The van der Waals surface area contributed by atoms with Gasteiger partial charge in [0.1, 0.15) is 6.54 Å². The predicted molar refractivity (Wildman–Crippen MR) is 149 cm³/mol. The molecule has 0 aliphatic carbocycles. The molecule has 1 atom stereocenters. The van der Waals surface area contributed by atoms with Gasteiger partial charge in [0, 0.05) is 23.5 Å². The molecule has 1 unspecified atom stereocenters. The number of hydrogen-bond acceptors (Lipinski definition) is 3. The Balaban J connectivity index is 1.60. The van der Waals surface area contributed by atoms with Crippen molar-refractivity contribution in [3.05, 3.63) is 92.7 Å². The van der Waals surface area contributed by atoms with Gasteiger partial charge < -0.3 is 9.80 Å². The van der Waals surface area contributed by atoms with E-state index in [0.717, 1.165) is 24.8 Å². The molecule has 1 aromatic heterocycles. The largest absolute Gasteiger partial charge is 0.330 e. The number of fused-ring (bicyclic) bond motifs is 1. The van der Waals surface area contributed by atoms with Crippen LogP contribution in [0.3, 0.4) is 0 Å². The number of carbonyl (C=O) groups excluding carboxylic acids is 2. The third kappa shape index (κ3) is 5.57. The highest BCUT2D eigenvalue weighted by molar-refractivity contribution is 7.10. The quantitative estimate of drug-likeness (QED) is 0.364. The second-order valence-electron chi connectivity index (χ2n) is 10.7. The van der Waals surface area contributed by atoms with Gasteiger partial charge in [-0.15, -0.1) is 11.3 Å². The third-order valence-corrected chi connectivity index (χ3v) is 8.09. The van der Waals surface area contributed by atoms with Crippen LogP contribution in [0.25, 0.3) is 0 Å². The summed E-state index contributed by atoms with van der Waals surface area (Å²) in [5.41, 5.74) is 5.53. The van der Waals surface area contributed by atoms with Gasteiger partial charge in [0.15, 0.2) is 0 Å². The first-order valence-corrected chi connectivity index (χ1v) is 13.9. The van der Waals surface area contributed by atoms with Gasteiger partial charge in [-0.2, -0.15) is 0 Å². The highest BCUT2D eigenvalue weighted by Crippen LogP contribution is 2.38. The Kier molecular flexibility index (Phi) is 7.99. The fourth-order valence-electron chi connectivity index (χ4n) is 4.95. The molecule has 2 amide bonds. The third-order valence-electron chi connectivity index (χ3n) is 7.09. The first-order valence-electron chi connectivity index (χ1n) is 13.1. The summed E-state index contributed by atoms with van der Waals surface area (Å²) in [6, 6.07) is 18.5. The Bertz CT molecular complexity index is 1190. The average Bonchev–Trinajstić information content (AvgIpc) is 3.36. The van der Waals surface area contributed by atoms with Gasteiger partial charge in [0.25, 0.3) is 5.91 Å². The van der Waals surface area contributed by atoms with Crippen LogP contribution in [0, 0.1) is 0 Å². The smallest absolute Gasteiger partial charge is 0.254 e. The normalized spacial score (nSPS) is 15.5. The predicted octanol–water partition coefficient (Wildman–Crippen LogP) is 6.63. The van der Waals surface area contributed by atoms with Gasteiger partial charge in [-0.1, -0.05) is 71.0 Å². The summed E-state index contributed by atoms with van der Waals surface area (Å²) in [7, 11) is 0. The van der Waals surface area contributed by atoms with Crippen molar-refractivity contribution in [2.24, 2.45) is 0 Å². The van der Waals surface area contributed by atoms with Crippen LogP contribution in [-0.2, 0) is 23.1 Å². The van der Waals surface area contributed by atoms with Crippen LogP contribution in [-0.4, -0.2) is 41.2 Å². The number of benzene rings is 2. The fraction of sp³-hybridized carbons (Fsp3) is 0.419. The van der Waals surface area contributed by atoms with Crippen LogP contribution in [0.1, 0.15) is 84.6 Å².